The number of rotatable bonds is 5. The standard InChI is InChI=1S/C39H37N/c1-28-18-23-35-36(26-28)38(2)25-24-34(40-33-21-19-30(20-22-33)29-12-6-3-7-13-29)27-37(38)39(35,31-14-8-4-9-15-31)32-16-10-5-11-17-32/h3-17,19-22,24,27-28,40H,18,23,25-26H2,1-2H3. The van der Waals surface area contributed by atoms with E-state index < -0.39 is 0 Å². The second-order valence-corrected chi connectivity index (χ2v) is 12.1. The average Bonchev–Trinajstić information content (AvgIpc) is 3.24. The lowest BCUT2D eigenvalue weighted by Gasteiger charge is -2.41. The topological polar surface area (TPSA) is 12.0 Å². The van der Waals surface area contributed by atoms with Gasteiger partial charge in [0.2, 0.25) is 0 Å². The van der Waals surface area contributed by atoms with E-state index in [4.69, 9.17) is 0 Å². The third-order valence-corrected chi connectivity index (χ3v) is 9.65. The van der Waals surface area contributed by atoms with Crippen LogP contribution in [0.25, 0.3) is 11.1 Å². The van der Waals surface area contributed by atoms with Gasteiger partial charge in [0.05, 0.1) is 5.41 Å². The minimum absolute atomic E-state index is 0.0258. The van der Waals surface area contributed by atoms with Crippen molar-refractivity contribution in [3.8, 4) is 11.1 Å². The Hall–Kier alpha value is -4.10. The zero-order chi connectivity index (χ0) is 27.2. The Kier molecular flexibility index (Phi) is 6.12. The summed E-state index contributed by atoms with van der Waals surface area (Å²) >= 11 is 0. The van der Waals surface area contributed by atoms with Crippen molar-refractivity contribution in [2.75, 3.05) is 5.32 Å². The van der Waals surface area contributed by atoms with Crippen molar-refractivity contribution in [2.24, 2.45) is 11.3 Å². The maximum atomic E-state index is 3.79. The van der Waals surface area contributed by atoms with Crippen molar-refractivity contribution < 1.29 is 0 Å². The van der Waals surface area contributed by atoms with Crippen LogP contribution in [0.3, 0.4) is 0 Å². The van der Waals surface area contributed by atoms with Crippen molar-refractivity contribution >= 4 is 5.69 Å². The molecule has 0 saturated heterocycles. The first-order valence-corrected chi connectivity index (χ1v) is 14.8. The quantitative estimate of drug-likeness (QED) is 0.259. The summed E-state index contributed by atoms with van der Waals surface area (Å²) in [6, 6.07) is 42.0. The molecule has 0 amide bonds. The number of hydrogen-bond acceptors (Lipinski definition) is 1. The molecular weight excluding hydrogens is 482 g/mol. The number of benzene rings is 4. The van der Waals surface area contributed by atoms with Crippen LogP contribution >= 0.6 is 0 Å². The van der Waals surface area contributed by atoms with Gasteiger partial charge in [-0.2, -0.15) is 0 Å². The van der Waals surface area contributed by atoms with E-state index in [2.05, 4.69) is 147 Å². The Morgan fingerprint density at radius 3 is 1.88 bits per heavy atom. The Bertz CT molecular complexity index is 1570. The number of hydrogen-bond donors (Lipinski definition) is 1. The minimum atomic E-state index is -0.231. The molecule has 0 aromatic heterocycles. The smallest absolute Gasteiger partial charge is 0.0636 e. The summed E-state index contributed by atoms with van der Waals surface area (Å²) < 4.78 is 0. The van der Waals surface area contributed by atoms with Gasteiger partial charge in [-0.3, -0.25) is 0 Å². The van der Waals surface area contributed by atoms with Crippen LogP contribution in [0.1, 0.15) is 50.7 Å². The summed E-state index contributed by atoms with van der Waals surface area (Å²) in [5, 5.41) is 3.79. The summed E-state index contributed by atoms with van der Waals surface area (Å²) in [5.41, 5.74) is 12.3. The molecule has 2 unspecified atom stereocenters. The van der Waals surface area contributed by atoms with Crippen molar-refractivity contribution in [1.29, 1.82) is 0 Å². The van der Waals surface area contributed by atoms with E-state index in [1.165, 1.54) is 46.4 Å². The molecule has 0 radical (unpaired) electrons. The van der Waals surface area contributed by atoms with Crippen LogP contribution in [0.5, 0.6) is 0 Å². The van der Waals surface area contributed by atoms with E-state index in [0.717, 1.165) is 24.4 Å². The van der Waals surface area contributed by atoms with Gasteiger partial charge in [-0.15, -0.1) is 0 Å². The molecule has 0 fully saturated rings. The van der Waals surface area contributed by atoms with Gasteiger partial charge >= 0.3 is 0 Å². The molecule has 0 saturated carbocycles. The fourth-order valence-electron chi connectivity index (χ4n) is 7.69. The highest BCUT2D eigenvalue weighted by atomic mass is 14.9. The van der Waals surface area contributed by atoms with Crippen molar-refractivity contribution in [3.05, 3.63) is 161 Å². The first-order valence-electron chi connectivity index (χ1n) is 14.8. The highest BCUT2D eigenvalue weighted by molar-refractivity contribution is 5.71. The Balaban J connectivity index is 1.34. The van der Waals surface area contributed by atoms with E-state index >= 15 is 0 Å². The zero-order valence-electron chi connectivity index (χ0n) is 23.5. The van der Waals surface area contributed by atoms with E-state index in [9.17, 15) is 0 Å². The lowest BCUT2D eigenvalue weighted by atomic mass is 9.61. The Morgan fingerprint density at radius 2 is 1.25 bits per heavy atom. The van der Waals surface area contributed by atoms with E-state index in [-0.39, 0.29) is 10.8 Å². The normalized spacial score (nSPS) is 23.1. The molecule has 0 spiro atoms. The number of allylic oxidation sites excluding steroid dienone is 5. The van der Waals surface area contributed by atoms with Crippen LogP contribution < -0.4 is 5.32 Å². The highest BCUT2D eigenvalue weighted by Gasteiger charge is 2.57. The molecule has 3 aliphatic carbocycles. The van der Waals surface area contributed by atoms with E-state index in [0.29, 0.717) is 0 Å². The third-order valence-electron chi connectivity index (χ3n) is 9.65. The maximum absolute atomic E-state index is 3.79. The van der Waals surface area contributed by atoms with Crippen LogP contribution in [0.2, 0.25) is 0 Å². The largest absolute Gasteiger partial charge is 0.356 e. The average molecular weight is 520 g/mol. The fourth-order valence-corrected chi connectivity index (χ4v) is 7.69. The maximum Gasteiger partial charge on any atom is 0.0636 e. The minimum Gasteiger partial charge on any atom is -0.356 e. The van der Waals surface area contributed by atoms with Crippen molar-refractivity contribution in [3.63, 3.8) is 0 Å². The molecule has 198 valence electrons. The molecular formula is C39H37N. The highest BCUT2D eigenvalue weighted by Crippen LogP contribution is 2.67. The van der Waals surface area contributed by atoms with Gasteiger partial charge in [0.15, 0.2) is 0 Å². The molecule has 0 heterocycles. The van der Waals surface area contributed by atoms with E-state index in [1.54, 1.807) is 11.1 Å². The van der Waals surface area contributed by atoms with Crippen LogP contribution in [0.4, 0.5) is 5.69 Å². The summed E-state index contributed by atoms with van der Waals surface area (Å²) in [4.78, 5) is 0. The second-order valence-electron chi connectivity index (χ2n) is 12.1. The monoisotopic (exact) mass is 519 g/mol. The number of fused-ring (bicyclic) bond motifs is 2. The van der Waals surface area contributed by atoms with E-state index in [1.807, 2.05) is 0 Å². The van der Waals surface area contributed by atoms with Crippen LogP contribution in [0.15, 0.2) is 150 Å². The Labute approximate surface area is 239 Å². The molecule has 7 rings (SSSR count). The van der Waals surface area contributed by atoms with Gasteiger partial charge in [-0.25, -0.2) is 0 Å². The van der Waals surface area contributed by atoms with Gasteiger partial charge in [0.1, 0.15) is 0 Å². The molecule has 1 heteroatoms. The molecule has 0 aliphatic heterocycles. The predicted octanol–water partition coefficient (Wildman–Crippen LogP) is 10.1. The van der Waals surface area contributed by atoms with Crippen molar-refractivity contribution in [2.45, 2.75) is 44.9 Å². The predicted molar refractivity (Wildman–Crippen MR) is 168 cm³/mol. The second kappa shape index (κ2) is 9.82. The third kappa shape index (κ3) is 3.91. The first kappa shape index (κ1) is 24.9. The molecule has 2 atom stereocenters. The summed E-state index contributed by atoms with van der Waals surface area (Å²) in [7, 11) is 0. The van der Waals surface area contributed by atoms with Gasteiger partial charge < -0.3 is 5.32 Å². The summed E-state index contributed by atoms with van der Waals surface area (Å²) in [5.74, 6) is 0.728. The molecule has 4 aromatic carbocycles. The first-order chi connectivity index (χ1) is 19.6. The zero-order valence-corrected chi connectivity index (χ0v) is 23.5. The number of nitrogens with one attached hydrogen (secondary N) is 1. The van der Waals surface area contributed by atoms with Crippen LogP contribution in [-0.2, 0) is 5.41 Å². The molecule has 4 aromatic rings. The fraction of sp³-hybridized carbons (Fsp3) is 0.231. The lowest BCUT2D eigenvalue weighted by Crippen LogP contribution is -2.35. The number of anilines is 1. The van der Waals surface area contributed by atoms with Crippen molar-refractivity contribution in [1.82, 2.24) is 0 Å². The van der Waals surface area contributed by atoms with Gasteiger partial charge in [0, 0.05) is 16.8 Å². The van der Waals surface area contributed by atoms with Crippen LogP contribution in [-0.4, -0.2) is 0 Å². The molecule has 0 bridgehead atoms. The molecule has 40 heavy (non-hydrogen) atoms. The lowest BCUT2D eigenvalue weighted by molar-refractivity contribution is 0.413. The molecule has 1 N–H and O–H groups in total. The molecule has 3 aliphatic rings. The van der Waals surface area contributed by atoms with Gasteiger partial charge in [-0.1, -0.05) is 134 Å². The van der Waals surface area contributed by atoms with Gasteiger partial charge in [0.25, 0.3) is 0 Å². The Morgan fingerprint density at radius 1 is 0.675 bits per heavy atom. The molecule has 1 nitrogen and oxygen atoms in total. The summed E-state index contributed by atoms with van der Waals surface area (Å²) in [6.07, 6.45) is 9.58. The van der Waals surface area contributed by atoms with Crippen LogP contribution in [0, 0.1) is 11.3 Å². The van der Waals surface area contributed by atoms with Gasteiger partial charge in [-0.05, 0) is 77.6 Å². The summed E-state index contributed by atoms with van der Waals surface area (Å²) in [6.45, 7) is 4.95. The SMILES string of the molecule is CC1CCC2=C(C1)C1(C)CC=C(Nc3ccc(-c4ccccc4)cc3)C=C1C2(c1ccccc1)c1ccccc1.